The van der Waals surface area contributed by atoms with Crippen LogP contribution in [-0.2, 0) is 0 Å². The minimum absolute atomic E-state index is 0.500. The number of aryl methyl sites for hydroxylation is 1. The SMILES string of the molecule is Cc1ccc2c(c1C)OCC=C2C#N. The second-order valence-electron chi connectivity index (χ2n) is 3.42. The zero-order valence-electron chi connectivity index (χ0n) is 8.29. The highest BCUT2D eigenvalue weighted by molar-refractivity contribution is 5.82. The molecule has 0 spiro atoms. The van der Waals surface area contributed by atoms with Gasteiger partial charge in [0.25, 0.3) is 0 Å². The number of nitriles is 1. The second-order valence-corrected chi connectivity index (χ2v) is 3.42. The molecule has 0 fully saturated rings. The molecule has 0 N–H and O–H groups in total. The fourth-order valence-electron chi connectivity index (χ4n) is 1.61. The molecule has 0 saturated heterocycles. The van der Waals surface area contributed by atoms with E-state index in [1.165, 1.54) is 5.56 Å². The summed E-state index contributed by atoms with van der Waals surface area (Å²) in [4.78, 5) is 0. The van der Waals surface area contributed by atoms with Gasteiger partial charge >= 0.3 is 0 Å². The summed E-state index contributed by atoms with van der Waals surface area (Å²) in [6, 6.07) is 6.16. The number of benzene rings is 1. The first-order chi connectivity index (χ1) is 6.74. The van der Waals surface area contributed by atoms with Gasteiger partial charge in [0.15, 0.2) is 0 Å². The van der Waals surface area contributed by atoms with Crippen LogP contribution >= 0.6 is 0 Å². The van der Waals surface area contributed by atoms with Crippen LogP contribution < -0.4 is 4.74 Å². The Kier molecular flexibility index (Phi) is 2.01. The van der Waals surface area contributed by atoms with Gasteiger partial charge in [0, 0.05) is 5.56 Å². The zero-order chi connectivity index (χ0) is 10.1. The number of ether oxygens (including phenoxy) is 1. The summed E-state index contributed by atoms with van der Waals surface area (Å²) in [5, 5.41) is 8.92. The van der Waals surface area contributed by atoms with Crippen molar-refractivity contribution >= 4 is 5.57 Å². The lowest BCUT2D eigenvalue weighted by molar-refractivity contribution is 0.355. The number of hydrogen-bond acceptors (Lipinski definition) is 2. The van der Waals surface area contributed by atoms with E-state index in [4.69, 9.17) is 10.00 Å². The summed E-state index contributed by atoms with van der Waals surface area (Å²) in [7, 11) is 0. The van der Waals surface area contributed by atoms with Gasteiger partial charge in [-0.05, 0) is 37.1 Å². The average molecular weight is 185 g/mol. The molecule has 1 aromatic carbocycles. The fraction of sp³-hybridized carbons (Fsp3) is 0.250. The first-order valence-corrected chi connectivity index (χ1v) is 4.57. The highest BCUT2D eigenvalue weighted by Gasteiger charge is 2.16. The Bertz CT molecular complexity index is 452. The number of allylic oxidation sites excluding steroid dienone is 1. The summed E-state index contributed by atoms with van der Waals surface area (Å²) < 4.78 is 5.54. The van der Waals surface area contributed by atoms with Crippen LogP contribution in [0.5, 0.6) is 5.75 Å². The van der Waals surface area contributed by atoms with Gasteiger partial charge in [0.1, 0.15) is 12.4 Å². The van der Waals surface area contributed by atoms with Crippen molar-refractivity contribution in [1.29, 1.82) is 5.26 Å². The monoisotopic (exact) mass is 185 g/mol. The Morgan fingerprint density at radius 1 is 1.36 bits per heavy atom. The van der Waals surface area contributed by atoms with Crippen LogP contribution in [0.25, 0.3) is 5.57 Å². The molecule has 2 heteroatoms. The molecule has 0 aromatic heterocycles. The van der Waals surface area contributed by atoms with Gasteiger partial charge in [-0.3, -0.25) is 0 Å². The van der Waals surface area contributed by atoms with Gasteiger partial charge < -0.3 is 4.74 Å². The minimum Gasteiger partial charge on any atom is -0.489 e. The van der Waals surface area contributed by atoms with Crippen LogP contribution in [0.2, 0.25) is 0 Å². The van der Waals surface area contributed by atoms with E-state index in [9.17, 15) is 0 Å². The van der Waals surface area contributed by atoms with E-state index in [2.05, 4.69) is 6.07 Å². The Morgan fingerprint density at radius 2 is 2.14 bits per heavy atom. The van der Waals surface area contributed by atoms with Crippen molar-refractivity contribution in [1.82, 2.24) is 0 Å². The highest BCUT2D eigenvalue weighted by atomic mass is 16.5. The lowest BCUT2D eigenvalue weighted by atomic mass is 9.98. The molecule has 2 nitrogen and oxygen atoms in total. The number of fused-ring (bicyclic) bond motifs is 1. The molecular formula is C12H11NO. The molecule has 0 radical (unpaired) electrons. The van der Waals surface area contributed by atoms with E-state index in [1.807, 2.05) is 32.1 Å². The lowest BCUT2D eigenvalue weighted by Gasteiger charge is -2.18. The summed E-state index contributed by atoms with van der Waals surface area (Å²) in [6.45, 7) is 4.57. The van der Waals surface area contributed by atoms with Crippen LogP contribution in [0.15, 0.2) is 18.2 Å². The number of hydrogen-bond donors (Lipinski definition) is 0. The largest absolute Gasteiger partial charge is 0.489 e. The van der Waals surface area contributed by atoms with Crippen LogP contribution in [0, 0.1) is 25.2 Å². The highest BCUT2D eigenvalue weighted by Crippen LogP contribution is 2.33. The van der Waals surface area contributed by atoms with E-state index in [0.29, 0.717) is 12.2 Å². The molecule has 0 atom stereocenters. The molecule has 0 unspecified atom stereocenters. The van der Waals surface area contributed by atoms with Crippen molar-refractivity contribution in [3.63, 3.8) is 0 Å². The maximum atomic E-state index is 8.92. The van der Waals surface area contributed by atoms with E-state index in [0.717, 1.165) is 16.9 Å². The molecule has 0 bridgehead atoms. The molecule has 0 amide bonds. The molecule has 70 valence electrons. The Hall–Kier alpha value is -1.75. The fourth-order valence-corrected chi connectivity index (χ4v) is 1.61. The lowest BCUT2D eigenvalue weighted by Crippen LogP contribution is -2.06. The van der Waals surface area contributed by atoms with E-state index in [-0.39, 0.29) is 0 Å². The predicted molar refractivity (Wildman–Crippen MR) is 55.0 cm³/mol. The van der Waals surface area contributed by atoms with Crippen molar-refractivity contribution < 1.29 is 4.74 Å². The van der Waals surface area contributed by atoms with Crippen molar-refractivity contribution in [2.75, 3.05) is 6.61 Å². The van der Waals surface area contributed by atoms with Gasteiger partial charge in [-0.25, -0.2) is 0 Å². The van der Waals surface area contributed by atoms with E-state index < -0.39 is 0 Å². The third-order valence-electron chi connectivity index (χ3n) is 2.60. The molecule has 1 aliphatic heterocycles. The summed E-state index contributed by atoms with van der Waals surface area (Å²) in [5.74, 6) is 0.865. The Labute approximate surface area is 83.4 Å². The van der Waals surface area contributed by atoms with Gasteiger partial charge in [-0.1, -0.05) is 6.07 Å². The van der Waals surface area contributed by atoms with Gasteiger partial charge in [0.2, 0.25) is 0 Å². The number of rotatable bonds is 0. The maximum absolute atomic E-state index is 8.92. The average Bonchev–Trinajstić information content (AvgIpc) is 2.23. The van der Waals surface area contributed by atoms with E-state index in [1.54, 1.807) is 0 Å². The summed E-state index contributed by atoms with van der Waals surface area (Å²) >= 11 is 0. The standard InChI is InChI=1S/C12H11NO/c1-8-3-4-11-10(7-13)5-6-14-12(11)9(8)2/h3-5H,6H2,1-2H3. The zero-order valence-corrected chi connectivity index (χ0v) is 8.29. The topological polar surface area (TPSA) is 33.0 Å². The molecule has 1 aliphatic rings. The summed E-state index contributed by atoms with van der Waals surface area (Å²) in [5.41, 5.74) is 3.96. The van der Waals surface area contributed by atoms with Crippen molar-refractivity contribution in [2.24, 2.45) is 0 Å². The van der Waals surface area contributed by atoms with Gasteiger partial charge in [0.05, 0.1) is 11.6 Å². The molecule has 1 heterocycles. The third kappa shape index (κ3) is 1.18. The normalized spacial score (nSPS) is 13.6. The predicted octanol–water partition coefficient (Wildman–Crippen LogP) is 2.60. The van der Waals surface area contributed by atoms with Crippen LogP contribution in [-0.4, -0.2) is 6.61 Å². The Morgan fingerprint density at radius 3 is 2.86 bits per heavy atom. The van der Waals surface area contributed by atoms with Crippen molar-refractivity contribution in [2.45, 2.75) is 13.8 Å². The van der Waals surface area contributed by atoms with E-state index >= 15 is 0 Å². The maximum Gasteiger partial charge on any atom is 0.131 e. The van der Waals surface area contributed by atoms with Gasteiger partial charge in [-0.15, -0.1) is 0 Å². The molecule has 14 heavy (non-hydrogen) atoms. The third-order valence-corrected chi connectivity index (χ3v) is 2.60. The second kappa shape index (κ2) is 3.19. The molecule has 1 aromatic rings. The van der Waals surface area contributed by atoms with Gasteiger partial charge in [-0.2, -0.15) is 5.26 Å². The molecule has 2 rings (SSSR count). The van der Waals surface area contributed by atoms with Crippen molar-refractivity contribution in [3.8, 4) is 11.8 Å². The minimum atomic E-state index is 0.500. The first kappa shape index (κ1) is 8.83. The number of nitrogens with zero attached hydrogens (tertiary/aromatic N) is 1. The van der Waals surface area contributed by atoms with Crippen LogP contribution in [0.3, 0.4) is 0 Å². The summed E-state index contributed by atoms with van der Waals surface area (Å²) in [6.07, 6.45) is 1.82. The van der Waals surface area contributed by atoms with Crippen molar-refractivity contribution in [3.05, 3.63) is 34.9 Å². The molecule has 0 aliphatic carbocycles. The quantitative estimate of drug-likeness (QED) is 0.622. The molecule has 0 saturated carbocycles. The van der Waals surface area contributed by atoms with Crippen LogP contribution in [0.1, 0.15) is 16.7 Å². The smallest absolute Gasteiger partial charge is 0.131 e. The molecular weight excluding hydrogens is 174 g/mol. The first-order valence-electron chi connectivity index (χ1n) is 4.57. The Balaban J connectivity index is 2.66. The van der Waals surface area contributed by atoms with Crippen LogP contribution in [0.4, 0.5) is 0 Å².